The third-order valence-corrected chi connectivity index (χ3v) is 2.68. The highest BCUT2D eigenvalue weighted by Crippen LogP contribution is 2.15. The predicted octanol–water partition coefficient (Wildman–Crippen LogP) is 2.52. The molecule has 0 bridgehead atoms. The highest BCUT2D eigenvalue weighted by Gasteiger charge is 2.09. The molecule has 0 saturated heterocycles. The van der Waals surface area contributed by atoms with Gasteiger partial charge in [-0.15, -0.1) is 0 Å². The van der Waals surface area contributed by atoms with Gasteiger partial charge in [-0.3, -0.25) is 0 Å². The summed E-state index contributed by atoms with van der Waals surface area (Å²) in [6.45, 7) is 2.53. The summed E-state index contributed by atoms with van der Waals surface area (Å²) in [5, 5.41) is 6.71. The molecule has 0 radical (unpaired) electrons. The first kappa shape index (κ1) is 11.9. The predicted molar refractivity (Wildman–Crippen MR) is 67.3 cm³/mol. The van der Waals surface area contributed by atoms with Gasteiger partial charge in [0.1, 0.15) is 16.8 Å². The number of nitrogens with one attached hydrogen (secondary N) is 2. The minimum Gasteiger partial charge on any atom is -0.381 e. The highest BCUT2D eigenvalue weighted by molar-refractivity contribution is 6.66. The lowest BCUT2D eigenvalue weighted by Crippen LogP contribution is -2.26. The van der Waals surface area contributed by atoms with E-state index < -0.39 is 0 Å². The summed E-state index contributed by atoms with van der Waals surface area (Å²) in [7, 11) is 0. The van der Waals surface area contributed by atoms with Gasteiger partial charge in [-0.2, -0.15) is 0 Å². The van der Waals surface area contributed by atoms with Crippen LogP contribution in [0.4, 0.5) is 4.39 Å². The van der Waals surface area contributed by atoms with Gasteiger partial charge in [0.15, 0.2) is 0 Å². The van der Waals surface area contributed by atoms with Crippen LogP contribution in [0.3, 0.4) is 0 Å². The van der Waals surface area contributed by atoms with E-state index in [2.05, 4.69) is 15.6 Å². The van der Waals surface area contributed by atoms with Crippen molar-refractivity contribution >= 4 is 16.8 Å². The standard InChI is InChI=1S/C12H13ClFN3/c1-8(9-2-4-10(14)5-3-9)16-12-7-15-6-11(13)17-12/h2-5,7-8,15-16H,6H2,1H3/t8-/m0/s1. The van der Waals surface area contributed by atoms with Gasteiger partial charge in [-0.05, 0) is 24.6 Å². The minimum absolute atomic E-state index is 0.0370. The summed E-state index contributed by atoms with van der Waals surface area (Å²) in [6.07, 6.45) is 1.77. The van der Waals surface area contributed by atoms with Crippen LogP contribution in [-0.2, 0) is 0 Å². The van der Waals surface area contributed by atoms with Crippen molar-refractivity contribution in [3.05, 3.63) is 47.7 Å². The molecule has 1 aromatic rings. The van der Waals surface area contributed by atoms with Gasteiger partial charge < -0.3 is 10.6 Å². The van der Waals surface area contributed by atoms with Crippen LogP contribution in [-0.4, -0.2) is 11.7 Å². The number of aliphatic imine (C=N–C) groups is 1. The van der Waals surface area contributed by atoms with Crippen molar-refractivity contribution in [2.75, 3.05) is 6.54 Å². The molecule has 0 aromatic heterocycles. The molecule has 0 unspecified atom stereocenters. The van der Waals surface area contributed by atoms with Gasteiger partial charge in [0.05, 0.1) is 6.54 Å². The van der Waals surface area contributed by atoms with E-state index in [0.717, 1.165) is 5.56 Å². The second kappa shape index (κ2) is 5.19. The summed E-state index contributed by atoms with van der Waals surface area (Å²) < 4.78 is 12.8. The zero-order valence-electron chi connectivity index (χ0n) is 9.37. The normalized spacial score (nSPS) is 16.6. The Hall–Kier alpha value is -1.55. The zero-order chi connectivity index (χ0) is 12.3. The van der Waals surface area contributed by atoms with Crippen molar-refractivity contribution in [2.24, 2.45) is 4.99 Å². The lowest BCUT2D eigenvalue weighted by molar-refractivity contribution is 0.616. The summed E-state index contributed by atoms with van der Waals surface area (Å²) in [4.78, 5) is 4.16. The smallest absolute Gasteiger partial charge is 0.143 e. The van der Waals surface area contributed by atoms with E-state index >= 15 is 0 Å². The number of nitrogens with zero attached hydrogens (tertiary/aromatic N) is 1. The van der Waals surface area contributed by atoms with Crippen LogP contribution in [0.5, 0.6) is 0 Å². The molecule has 1 atom stereocenters. The Morgan fingerprint density at radius 2 is 2.12 bits per heavy atom. The fourth-order valence-electron chi connectivity index (χ4n) is 1.56. The number of hydrogen-bond acceptors (Lipinski definition) is 3. The Kier molecular flexibility index (Phi) is 3.64. The minimum atomic E-state index is -0.236. The van der Waals surface area contributed by atoms with Crippen LogP contribution in [0.2, 0.25) is 0 Å². The van der Waals surface area contributed by atoms with Gasteiger partial charge in [0.25, 0.3) is 0 Å². The van der Waals surface area contributed by atoms with E-state index in [1.807, 2.05) is 6.92 Å². The van der Waals surface area contributed by atoms with Gasteiger partial charge in [0, 0.05) is 12.2 Å². The second-order valence-corrected chi connectivity index (χ2v) is 4.25. The second-order valence-electron chi connectivity index (χ2n) is 3.82. The van der Waals surface area contributed by atoms with Gasteiger partial charge in [-0.1, -0.05) is 23.7 Å². The average Bonchev–Trinajstić information content (AvgIpc) is 2.29. The molecular formula is C12H13ClFN3. The highest BCUT2D eigenvalue weighted by atomic mass is 35.5. The van der Waals surface area contributed by atoms with Crippen LogP contribution in [0.25, 0.3) is 0 Å². The van der Waals surface area contributed by atoms with Crippen molar-refractivity contribution in [1.82, 2.24) is 10.6 Å². The quantitative estimate of drug-likeness (QED) is 0.869. The van der Waals surface area contributed by atoms with E-state index in [1.165, 1.54) is 12.1 Å². The molecule has 1 aliphatic rings. The van der Waals surface area contributed by atoms with Crippen molar-refractivity contribution < 1.29 is 4.39 Å². The van der Waals surface area contributed by atoms with Crippen LogP contribution >= 0.6 is 11.6 Å². The Bertz CT molecular complexity index is 453. The molecule has 2 rings (SSSR count). The first-order valence-corrected chi connectivity index (χ1v) is 5.71. The molecule has 0 saturated carbocycles. The van der Waals surface area contributed by atoms with Gasteiger partial charge in [0.2, 0.25) is 0 Å². The van der Waals surface area contributed by atoms with Crippen LogP contribution in [0.15, 0.2) is 41.3 Å². The third-order valence-electron chi connectivity index (χ3n) is 2.46. The SMILES string of the molecule is C[C@H](NC1=CNCC(Cl)=N1)c1ccc(F)cc1. The zero-order valence-corrected chi connectivity index (χ0v) is 10.1. The van der Waals surface area contributed by atoms with Crippen molar-refractivity contribution in [2.45, 2.75) is 13.0 Å². The maximum atomic E-state index is 12.8. The monoisotopic (exact) mass is 253 g/mol. The summed E-state index contributed by atoms with van der Waals surface area (Å²) in [5.41, 5.74) is 0.990. The Morgan fingerprint density at radius 1 is 1.41 bits per heavy atom. The number of halogens is 2. The molecule has 3 nitrogen and oxygen atoms in total. The van der Waals surface area contributed by atoms with E-state index in [1.54, 1.807) is 18.3 Å². The largest absolute Gasteiger partial charge is 0.381 e. The maximum absolute atomic E-state index is 12.8. The number of hydrogen-bond donors (Lipinski definition) is 2. The van der Waals surface area contributed by atoms with Crippen LogP contribution in [0.1, 0.15) is 18.5 Å². The van der Waals surface area contributed by atoms with Crippen LogP contribution < -0.4 is 10.6 Å². The van der Waals surface area contributed by atoms with Crippen molar-refractivity contribution in [3.8, 4) is 0 Å². The van der Waals surface area contributed by atoms with Gasteiger partial charge >= 0.3 is 0 Å². The Balaban J connectivity index is 2.04. The first-order valence-electron chi connectivity index (χ1n) is 5.34. The summed E-state index contributed by atoms with van der Waals surface area (Å²) >= 11 is 5.82. The number of rotatable bonds is 3. The molecule has 17 heavy (non-hydrogen) atoms. The molecule has 0 fully saturated rings. The summed E-state index contributed by atoms with van der Waals surface area (Å²) in [5.74, 6) is 0.443. The average molecular weight is 254 g/mol. The molecule has 5 heteroatoms. The molecule has 2 N–H and O–H groups in total. The molecule has 0 spiro atoms. The Morgan fingerprint density at radius 3 is 2.76 bits per heavy atom. The molecule has 1 aliphatic heterocycles. The fraction of sp³-hybridized carbons (Fsp3) is 0.250. The summed E-state index contributed by atoms with van der Waals surface area (Å²) in [6, 6.07) is 6.41. The number of benzene rings is 1. The van der Waals surface area contributed by atoms with Gasteiger partial charge in [-0.25, -0.2) is 9.38 Å². The lowest BCUT2D eigenvalue weighted by Gasteiger charge is -2.18. The topological polar surface area (TPSA) is 36.4 Å². The molecule has 1 aromatic carbocycles. The lowest BCUT2D eigenvalue weighted by atomic mass is 10.1. The Labute approximate surface area is 104 Å². The van der Waals surface area contributed by atoms with Crippen molar-refractivity contribution in [1.29, 1.82) is 0 Å². The molecule has 0 amide bonds. The van der Waals surface area contributed by atoms with E-state index in [-0.39, 0.29) is 11.9 Å². The molecular weight excluding hydrogens is 241 g/mol. The van der Waals surface area contributed by atoms with E-state index in [0.29, 0.717) is 17.5 Å². The maximum Gasteiger partial charge on any atom is 0.143 e. The van der Waals surface area contributed by atoms with E-state index in [4.69, 9.17) is 11.6 Å². The molecule has 90 valence electrons. The van der Waals surface area contributed by atoms with Crippen LogP contribution in [0, 0.1) is 5.82 Å². The fourth-order valence-corrected chi connectivity index (χ4v) is 1.73. The molecule has 0 aliphatic carbocycles. The third kappa shape index (κ3) is 3.20. The van der Waals surface area contributed by atoms with E-state index in [9.17, 15) is 4.39 Å². The first-order chi connectivity index (χ1) is 8.15. The van der Waals surface area contributed by atoms with Crippen molar-refractivity contribution in [3.63, 3.8) is 0 Å². The molecule has 1 heterocycles.